The molecule has 0 saturated carbocycles. The molecule has 0 aliphatic carbocycles. The Morgan fingerprint density at radius 2 is 1.68 bits per heavy atom. The highest BCUT2D eigenvalue weighted by Crippen LogP contribution is 2.20. The zero-order valence-corrected chi connectivity index (χ0v) is 14.2. The zero-order valence-electron chi connectivity index (χ0n) is 12.6. The predicted octanol–water partition coefficient (Wildman–Crippen LogP) is 2.76. The van der Waals surface area contributed by atoms with E-state index in [1.54, 1.807) is 31.3 Å². The summed E-state index contributed by atoms with van der Waals surface area (Å²) in [5, 5.41) is 0. The van der Waals surface area contributed by atoms with Gasteiger partial charge in [-0.05, 0) is 30.2 Å². The van der Waals surface area contributed by atoms with Crippen molar-refractivity contribution in [3.63, 3.8) is 0 Å². The SMILES string of the molecule is CN(Cc1ccncc1)C(=O)C(C)(N)c1ccccc1.Cl.Cl. The Kier molecular flexibility index (Phi) is 8.09. The number of carbonyl (C=O) groups is 1. The number of amides is 1. The molecule has 1 unspecified atom stereocenters. The normalized spacial score (nSPS) is 12.3. The zero-order chi connectivity index (χ0) is 14.6. The monoisotopic (exact) mass is 341 g/mol. The first-order valence-electron chi connectivity index (χ1n) is 6.50. The van der Waals surface area contributed by atoms with Crippen LogP contribution < -0.4 is 5.73 Å². The summed E-state index contributed by atoms with van der Waals surface area (Å²) in [6.45, 7) is 2.26. The minimum absolute atomic E-state index is 0. The van der Waals surface area contributed by atoms with Gasteiger partial charge in [0, 0.05) is 26.0 Å². The van der Waals surface area contributed by atoms with E-state index in [9.17, 15) is 4.79 Å². The first-order chi connectivity index (χ1) is 9.51. The maximum atomic E-state index is 12.6. The van der Waals surface area contributed by atoms with Gasteiger partial charge in [0.25, 0.3) is 0 Å². The van der Waals surface area contributed by atoms with E-state index in [1.165, 1.54) is 0 Å². The van der Waals surface area contributed by atoms with Crippen molar-refractivity contribution in [1.29, 1.82) is 0 Å². The molecule has 4 nitrogen and oxygen atoms in total. The molecule has 0 bridgehead atoms. The number of pyridine rings is 1. The van der Waals surface area contributed by atoms with Crippen molar-refractivity contribution < 1.29 is 4.79 Å². The first-order valence-corrected chi connectivity index (χ1v) is 6.50. The summed E-state index contributed by atoms with van der Waals surface area (Å²) in [6.07, 6.45) is 3.43. The minimum Gasteiger partial charge on any atom is -0.340 e. The number of benzene rings is 1. The van der Waals surface area contributed by atoms with Gasteiger partial charge in [0.05, 0.1) is 0 Å². The van der Waals surface area contributed by atoms with E-state index in [1.807, 2.05) is 42.5 Å². The van der Waals surface area contributed by atoms with Crippen molar-refractivity contribution in [2.24, 2.45) is 5.73 Å². The van der Waals surface area contributed by atoms with Gasteiger partial charge in [-0.2, -0.15) is 0 Å². The van der Waals surface area contributed by atoms with Crippen molar-refractivity contribution in [1.82, 2.24) is 9.88 Å². The molecule has 0 saturated heterocycles. The quantitative estimate of drug-likeness (QED) is 0.929. The molecule has 0 radical (unpaired) electrons. The van der Waals surface area contributed by atoms with Crippen LogP contribution in [0.4, 0.5) is 0 Å². The molecule has 0 aliphatic rings. The molecule has 0 fully saturated rings. The third kappa shape index (κ3) is 4.70. The van der Waals surface area contributed by atoms with Gasteiger partial charge in [0.2, 0.25) is 5.91 Å². The Morgan fingerprint density at radius 3 is 2.23 bits per heavy atom. The lowest BCUT2D eigenvalue weighted by atomic mass is 9.91. The van der Waals surface area contributed by atoms with Crippen LogP contribution in [0.3, 0.4) is 0 Å². The van der Waals surface area contributed by atoms with E-state index in [-0.39, 0.29) is 30.7 Å². The van der Waals surface area contributed by atoms with Crippen molar-refractivity contribution in [3.05, 3.63) is 66.0 Å². The fourth-order valence-electron chi connectivity index (χ4n) is 2.14. The number of aromatic nitrogens is 1. The molecule has 0 spiro atoms. The van der Waals surface area contributed by atoms with E-state index >= 15 is 0 Å². The molecule has 1 amide bonds. The number of nitrogens with zero attached hydrogens (tertiary/aromatic N) is 2. The van der Waals surface area contributed by atoms with E-state index in [2.05, 4.69) is 4.98 Å². The first kappa shape index (κ1) is 20.4. The van der Waals surface area contributed by atoms with Crippen LogP contribution in [0.5, 0.6) is 0 Å². The summed E-state index contributed by atoms with van der Waals surface area (Å²) < 4.78 is 0. The second-order valence-corrected chi connectivity index (χ2v) is 5.09. The van der Waals surface area contributed by atoms with Crippen LogP contribution in [0.2, 0.25) is 0 Å². The smallest absolute Gasteiger partial charge is 0.247 e. The van der Waals surface area contributed by atoms with E-state index < -0.39 is 5.54 Å². The summed E-state index contributed by atoms with van der Waals surface area (Å²) in [6, 6.07) is 13.2. The minimum atomic E-state index is -1.02. The van der Waals surface area contributed by atoms with Crippen molar-refractivity contribution in [2.45, 2.75) is 19.0 Å². The van der Waals surface area contributed by atoms with Gasteiger partial charge in [-0.25, -0.2) is 0 Å². The Balaban J connectivity index is 0.00000220. The average molecular weight is 342 g/mol. The van der Waals surface area contributed by atoms with Crippen molar-refractivity contribution in [2.75, 3.05) is 7.05 Å². The number of hydrogen-bond acceptors (Lipinski definition) is 3. The van der Waals surface area contributed by atoms with Gasteiger partial charge in [0.15, 0.2) is 0 Å². The second-order valence-electron chi connectivity index (χ2n) is 5.09. The summed E-state index contributed by atoms with van der Waals surface area (Å²) in [5.74, 6) is -0.111. The third-order valence-electron chi connectivity index (χ3n) is 3.33. The molecule has 1 atom stereocenters. The second kappa shape index (κ2) is 8.73. The Hall–Kier alpha value is -1.62. The van der Waals surface area contributed by atoms with Crippen LogP contribution in [0.15, 0.2) is 54.9 Å². The molecule has 22 heavy (non-hydrogen) atoms. The Bertz CT molecular complexity index is 576. The number of likely N-dealkylation sites (N-methyl/N-ethyl adjacent to an activating group) is 1. The van der Waals surface area contributed by atoms with Crippen LogP contribution in [0, 0.1) is 0 Å². The van der Waals surface area contributed by atoms with Crippen LogP contribution in [0.25, 0.3) is 0 Å². The number of rotatable bonds is 4. The molecule has 1 heterocycles. The van der Waals surface area contributed by atoms with E-state index in [0.29, 0.717) is 6.54 Å². The molecular weight excluding hydrogens is 321 g/mol. The highest BCUT2D eigenvalue weighted by Gasteiger charge is 2.32. The van der Waals surface area contributed by atoms with Crippen LogP contribution in [-0.4, -0.2) is 22.8 Å². The lowest BCUT2D eigenvalue weighted by Crippen LogP contribution is -2.49. The average Bonchev–Trinajstić information content (AvgIpc) is 2.48. The summed E-state index contributed by atoms with van der Waals surface area (Å²) >= 11 is 0. The lowest BCUT2D eigenvalue weighted by Gasteiger charge is -2.29. The third-order valence-corrected chi connectivity index (χ3v) is 3.33. The topological polar surface area (TPSA) is 59.2 Å². The lowest BCUT2D eigenvalue weighted by molar-refractivity contribution is -0.136. The van der Waals surface area contributed by atoms with Gasteiger partial charge >= 0.3 is 0 Å². The van der Waals surface area contributed by atoms with E-state index in [4.69, 9.17) is 5.73 Å². The number of halogens is 2. The summed E-state index contributed by atoms with van der Waals surface area (Å²) in [4.78, 5) is 18.2. The highest BCUT2D eigenvalue weighted by atomic mass is 35.5. The van der Waals surface area contributed by atoms with Gasteiger partial charge < -0.3 is 10.6 Å². The maximum absolute atomic E-state index is 12.6. The molecule has 2 N–H and O–H groups in total. The van der Waals surface area contributed by atoms with Crippen molar-refractivity contribution >= 4 is 30.7 Å². The number of hydrogen-bond donors (Lipinski definition) is 1. The highest BCUT2D eigenvalue weighted by molar-refractivity contribution is 5.87. The molecule has 1 aromatic heterocycles. The van der Waals surface area contributed by atoms with Gasteiger partial charge in [-0.1, -0.05) is 30.3 Å². The summed E-state index contributed by atoms with van der Waals surface area (Å²) in [5.41, 5.74) is 7.05. The molecule has 1 aromatic carbocycles. The molecular formula is C16H21Cl2N3O. The fraction of sp³-hybridized carbons (Fsp3) is 0.250. The summed E-state index contributed by atoms with van der Waals surface area (Å²) in [7, 11) is 1.76. The van der Waals surface area contributed by atoms with Crippen LogP contribution in [0.1, 0.15) is 18.1 Å². The van der Waals surface area contributed by atoms with Crippen LogP contribution in [-0.2, 0) is 16.9 Å². The molecule has 2 rings (SSSR count). The largest absolute Gasteiger partial charge is 0.340 e. The molecule has 120 valence electrons. The molecule has 2 aromatic rings. The molecule has 6 heteroatoms. The fourth-order valence-corrected chi connectivity index (χ4v) is 2.14. The Labute approximate surface area is 143 Å². The van der Waals surface area contributed by atoms with Gasteiger partial charge in [-0.15, -0.1) is 24.8 Å². The van der Waals surface area contributed by atoms with Crippen molar-refractivity contribution in [3.8, 4) is 0 Å². The number of nitrogens with two attached hydrogens (primary N) is 1. The van der Waals surface area contributed by atoms with Crippen LogP contribution >= 0.6 is 24.8 Å². The van der Waals surface area contributed by atoms with Gasteiger partial charge in [-0.3, -0.25) is 9.78 Å². The predicted molar refractivity (Wildman–Crippen MR) is 93.2 cm³/mol. The molecule has 0 aliphatic heterocycles. The standard InChI is InChI=1S/C16H19N3O.2ClH/c1-16(17,14-6-4-3-5-7-14)15(20)19(2)12-13-8-10-18-11-9-13;;/h3-11H,12,17H2,1-2H3;2*1H. The van der Waals surface area contributed by atoms with E-state index in [0.717, 1.165) is 11.1 Å². The maximum Gasteiger partial charge on any atom is 0.247 e. The Morgan fingerprint density at radius 1 is 1.14 bits per heavy atom. The van der Waals surface area contributed by atoms with Gasteiger partial charge in [0.1, 0.15) is 5.54 Å². The number of carbonyl (C=O) groups excluding carboxylic acids is 1.